The quantitative estimate of drug-likeness (QED) is 0.532. The lowest BCUT2D eigenvalue weighted by Gasteiger charge is -2.19. The van der Waals surface area contributed by atoms with Gasteiger partial charge < -0.3 is 15.0 Å². The summed E-state index contributed by atoms with van der Waals surface area (Å²) in [5.41, 5.74) is 3.24. The third-order valence-corrected chi connectivity index (χ3v) is 5.81. The number of nitrogens with one attached hydrogen (secondary N) is 3. The van der Waals surface area contributed by atoms with E-state index >= 15 is 0 Å². The molecule has 5 heteroatoms. The largest absolute Gasteiger partial charge is 0.497 e. The molecule has 28 heavy (non-hydrogen) atoms. The number of anilines is 1. The number of ether oxygens (including phenoxy) is 1. The van der Waals surface area contributed by atoms with Gasteiger partial charge >= 0.3 is 0 Å². The Morgan fingerprint density at radius 3 is 2.57 bits per heavy atom. The van der Waals surface area contributed by atoms with E-state index in [4.69, 9.17) is 16.3 Å². The molecule has 0 unspecified atom stereocenters. The molecule has 0 amide bonds. The first-order valence-electron chi connectivity index (χ1n) is 10.3. The smallest absolute Gasteiger partial charge is 0.214 e. The second kappa shape index (κ2) is 9.44. The zero-order chi connectivity index (χ0) is 20.1. The summed E-state index contributed by atoms with van der Waals surface area (Å²) in [6.07, 6.45) is 2.36. The van der Waals surface area contributed by atoms with Gasteiger partial charge in [-0.15, -0.1) is 0 Å². The first-order chi connectivity index (χ1) is 13.5. The molecular weight excluding hydrogens is 370 g/mol. The molecule has 3 rings (SSSR count). The Bertz CT molecular complexity index is 940. The number of quaternary nitrogens is 1. The van der Waals surface area contributed by atoms with Crippen LogP contribution in [0.25, 0.3) is 21.8 Å². The van der Waals surface area contributed by atoms with Crippen molar-refractivity contribution in [1.82, 2.24) is 0 Å². The van der Waals surface area contributed by atoms with E-state index in [9.17, 15) is 0 Å². The van der Waals surface area contributed by atoms with Crippen molar-refractivity contribution in [3.05, 3.63) is 41.4 Å². The van der Waals surface area contributed by atoms with E-state index in [-0.39, 0.29) is 0 Å². The Balaban J connectivity index is 1.92. The number of hydrogen-bond acceptors (Lipinski definition) is 2. The van der Waals surface area contributed by atoms with E-state index in [1.54, 1.807) is 12.0 Å². The average molecular weight is 402 g/mol. The molecule has 0 saturated carbocycles. The Hall–Kier alpha value is -2.04. The number of pyridine rings is 1. The van der Waals surface area contributed by atoms with Crippen LogP contribution in [0.15, 0.2) is 36.4 Å². The van der Waals surface area contributed by atoms with E-state index < -0.39 is 0 Å². The van der Waals surface area contributed by atoms with Crippen LogP contribution in [0.1, 0.15) is 33.6 Å². The molecule has 2 aromatic carbocycles. The van der Waals surface area contributed by atoms with Gasteiger partial charge in [0.1, 0.15) is 5.75 Å². The van der Waals surface area contributed by atoms with E-state index in [1.165, 1.54) is 26.1 Å². The normalized spacial score (nSPS) is 12.6. The molecule has 0 fully saturated rings. The van der Waals surface area contributed by atoms with Gasteiger partial charge in [-0.05, 0) is 57.9 Å². The van der Waals surface area contributed by atoms with Gasteiger partial charge in [0.2, 0.25) is 11.0 Å². The zero-order valence-electron chi connectivity index (χ0n) is 17.4. The van der Waals surface area contributed by atoms with Crippen molar-refractivity contribution in [1.29, 1.82) is 0 Å². The molecule has 1 aromatic heterocycles. The fourth-order valence-corrected chi connectivity index (χ4v) is 4.00. The van der Waals surface area contributed by atoms with Gasteiger partial charge in [-0.2, -0.15) is 0 Å². The molecule has 3 N–H and O–H groups in total. The van der Waals surface area contributed by atoms with Gasteiger partial charge in [-0.25, -0.2) is 4.98 Å². The maximum absolute atomic E-state index is 6.24. The molecule has 0 aliphatic heterocycles. The number of rotatable bonds is 9. The minimum absolute atomic E-state index is 0.380. The van der Waals surface area contributed by atoms with Crippen molar-refractivity contribution >= 4 is 39.1 Å². The second-order valence-corrected chi connectivity index (χ2v) is 7.93. The molecule has 0 aliphatic rings. The summed E-state index contributed by atoms with van der Waals surface area (Å²) in [5, 5.41) is 6.79. The summed E-state index contributed by atoms with van der Waals surface area (Å²) >= 11 is 6.24. The van der Waals surface area contributed by atoms with Crippen molar-refractivity contribution in [2.24, 2.45) is 0 Å². The molecule has 0 spiro atoms. The van der Waals surface area contributed by atoms with Crippen LogP contribution in [0.2, 0.25) is 5.02 Å². The molecule has 1 atom stereocenters. The molecule has 150 valence electrons. The van der Waals surface area contributed by atoms with Crippen LogP contribution in [-0.4, -0.2) is 32.8 Å². The highest BCUT2D eigenvalue weighted by atomic mass is 35.5. The highest BCUT2D eigenvalue weighted by Gasteiger charge is 2.17. The standard InChI is InChI=1S/C23H30ClN3O/c1-5-27(6-2)13-7-8-16(3)25-23-19-11-9-17(24)14-22(19)26-21-12-10-18(28-4)15-20(21)23/h9-12,14-16H,5-8,13H2,1-4H3,(H,25,26)/p+2/t16-/m0/s1. The van der Waals surface area contributed by atoms with Gasteiger partial charge in [0.05, 0.1) is 43.2 Å². The predicted molar refractivity (Wildman–Crippen MR) is 119 cm³/mol. The monoisotopic (exact) mass is 401 g/mol. The Morgan fingerprint density at radius 2 is 1.86 bits per heavy atom. The lowest BCUT2D eigenvalue weighted by Crippen LogP contribution is -3.11. The number of H-pyrrole nitrogens is 1. The third-order valence-electron chi connectivity index (χ3n) is 5.57. The molecule has 0 aliphatic carbocycles. The number of methoxy groups -OCH3 is 1. The van der Waals surface area contributed by atoms with E-state index in [0.717, 1.165) is 44.7 Å². The number of hydrogen-bond donors (Lipinski definition) is 2. The molecular formula is C23H32ClN3O+2. The van der Waals surface area contributed by atoms with Crippen LogP contribution in [0.4, 0.5) is 5.69 Å². The number of benzene rings is 2. The lowest BCUT2D eigenvalue weighted by atomic mass is 10.1. The summed E-state index contributed by atoms with van der Waals surface area (Å²) in [7, 11) is 1.71. The van der Waals surface area contributed by atoms with Crippen LogP contribution in [0, 0.1) is 0 Å². The van der Waals surface area contributed by atoms with Crippen molar-refractivity contribution < 1.29 is 14.6 Å². The summed E-state index contributed by atoms with van der Waals surface area (Å²) in [4.78, 5) is 5.17. The van der Waals surface area contributed by atoms with Gasteiger partial charge in [-0.3, -0.25) is 0 Å². The fourth-order valence-electron chi connectivity index (χ4n) is 3.83. The van der Waals surface area contributed by atoms with Gasteiger partial charge in [0.15, 0.2) is 0 Å². The Labute approximate surface area is 172 Å². The van der Waals surface area contributed by atoms with Crippen molar-refractivity contribution in [2.75, 3.05) is 32.1 Å². The number of halogens is 1. The van der Waals surface area contributed by atoms with Crippen LogP contribution < -0.4 is 19.9 Å². The first kappa shape index (κ1) is 20.7. The minimum Gasteiger partial charge on any atom is -0.497 e. The molecule has 0 saturated heterocycles. The minimum atomic E-state index is 0.380. The van der Waals surface area contributed by atoms with Gasteiger partial charge in [-0.1, -0.05) is 11.6 Å². The Kier molecular flexibility index (Phi) is 6.97. The molecule has 4 nitrogen and oxygen atoms in total. The molecule has 0 radical (unpaired) electrons. The van der Waals surface area contributed by atoms with E-state index in [2.05, 4.69) is 49.3 Å². The molecule has 0 bridgehead atoms. The number of aromatic nitrogens is 1. The van der Waals surface area contributed by atoms with E-state index in [1.807, 2.05) is 18.2 Å². The van der Waals surface area contributed by atoms with Crippen molar-refractivity contribution in [3.63, 3.8) is 0 Å². The SMILES string of the molecule is CC[NH+](CC)CCC[C@H](C)Nc1c2ccc(Cl)cc2[nH+]c2ccc(OC)cc12. The maximum atomic E-state index is 6.24. The van der Waals surface area contributed by atoms with Gasteiger partial charge in [0, 0.05) is 23.2 Å². The van der Waals surface area contributed by atoms with Crippen molar-refractivity contribution in [3.8, 4) is 5.75 Å². The summed E-state index contributed by atoms with van der Waals surface area (Å²) in [5.74, 6) is 0.857. The highest BCUT2D eigenvalue weighted by molar-refractivity contribution is 6.31. The predicted octanol–water partition coefficient (Wildman–Crippen LogP) is 3.97. The van der Waals surface area contributed by atoms with Crippen LogP contribution in [0.5, 0.6) is 5.75 Å². The lowest BCUT2D eigenvalue weighted by molar-refractivity contribution is -0.896. The first-order valence-corrected chi connectivity index (χ1v) is 10.7. The van der Waals surface area contributed by atoms with Crippen LogP contribution >= 0.6 is 11.6 Å². The highest BCUT2D eigenvalue weighted by Crippen LogP contribution is 2.33. The fraction of sp³-hybridized carbons (Fsp3) is 0.435. The summed E-state index contributed by atoms with van der Waals surface area (Å²) in [6, 6.07) is 12.5. The topological polar surface area (TPSA) is 39.8 Å². The molecule has 1 heterocycles. The average Bonchev–Trinajstić information content (AvgIpc) is 2.70. The molecule has 3 aromatic rings. The third kappa shape index (κ3) is 4.68. The Morgan fingerprint density at radius 1 is 1.07 bits per heavy atom. The van der Waals surface area contributed by atoms with Crippen molar-refractivity contribution in [2.45, 2.75) is 39.7 Å². The summed E-state index contributed by atoms with van der Waals surface area (Å²) in [6.45, 7) is 10.4. The van der Waals surface area contributed by atoms with Crippen LogP contribution in [0.3, 0.4) is 0 Å². The second-order valence-electron chi connectivity index (χ2n) is 7.50. The van der Waals surface area contributed by atoms with E-state index in [0.29, 0.717) is 6.04 Å². The van der Waals surface area contributed by atoms with Gasteiger partial charge in [0.25, 0.3) is 0 Å². The number of aromatic amines is 1. The van der Waals surface area contributed by atoms with Crippen LogP contribution in [-0.2, 0) is 0 Å². The summed E-state index contributed by atoms with van der Waals surface area (Å²) < 4.78 is 5.46. The number of fused-ring (bicyclic) bond motifs is 2. The zero-order valence-corrected chi connectivity index (χ0v) is 18.1. The maximum Gasteiger partial charge on any atom is 0.214 e.